The molecule has 0 atom stereocenters. The number of benzene rings is 9. The van der Waals surface area contributed by atoms with Crippen molar-refractivity contribution in [2.24, 2.45) is 0 Å². The summed E-state index contributed by atoms with van der Waals surface area (Å²) in [4.78, 5) is 0. The lowest BCUT2D eigenvalue weighted by atomic mass is 9.91. The fraction of sp³-hybridized carbons (Fsp3) is 0. The Hall–Kier alpha value is -6.22. The van der Waals surface area contributed by atoms with Crippen molar-refractivity contribution < 1.29 is 0 Å². The minimum Gasteiger partial charge on any atom is -0.308 e. The summed E-state index contributed by atoms with van der Waals surface area (Å²) >= 11 is 1.91. The van der Waals surface area contributed by atoms with Gasteiger partial charge in [-0.2, -0.15) is 0 Å². The van der Waals surface area contributed by atoms with Gasteiger partial charge in [0.2, 0.25) is 0 Å². The molecular formula is C48H27NS. The van der Waals surface area contributed by atoms with Gasteiger partial charge in [0.05, 0.1) is 16.7 Å². The van der Waals surface area contributed by atoms with Gasteiger partial charge in [-0.25, -0.2) is 0 Å². The minimum absolute atomic E-state index is 1.21. The molecule has 2 heteroatoms. The molecule has 11 aromatic rings. The quantitative estimate of drug-likeness (QED) is 0.176. The maximum absolute atomic E-state index is 2.56. The number of thiophene rings is 1. The average Bonchev–Trinajstić information content (AvgIpc) is 3.84. The summed E-state index contributed by atoms with van der Waals surface area (Å²) in [5.41, 5.74) is 11.6. The van der Waals surface area contributed by atoms with E-state index in [0.717, 1.165) is 0 Å². The fourth-order valence-electron chi connectivity index (χ4n) is 9.13. The van der Waals surface area contributed by atoms with E-state index in [-0.39, 0.29) is 0 Å². The normalized spacial score (nSPS) is 12.4. The van der Waals surface area contributed by atoms with Gasteiger partial charge in [0, 0.05) is 41.7 Å². The van der Waals surface area contributed by atoms with Crippen molar-refractivity contribution in [3.8, 4) is 39.1 Å². The van der Waals surface area contributed by atoms with Crippen molar-refractivity contribution in [3.05, 3.63) is 164 Å². The highest BCUT2D eigenvalue weighted by molar-refractivity contribution is 7.27. The van der Waals surface area contributed by atoms with Gasteiger partial charge in [-0.05, 0) is 73.1 Å². The lowest BCUT2D eigenvalue weighted by molar-refractivity contribution is 1.21. The van der Waals surface area contributed by atoms with Crippen LogP contribution in [0.2, 0.25) is 0 Å². The number of hydrogen-bond donors (Lipinski definition) is 0. The van der Waals surface area contributed by atoms with E-state index in [4.69, 9.17) is 0 Å². The maximum Gasteiger partial charge on any atom is 0.0640 e. The highest BCUT2D eigenvalue weighted by Gasteiger charge is 2.25. The lowest BCUT2D eigenvalue weighted by Crippen LogP contribution is -1.97. The number of aromatic nitrogens is 1. The van der Waals surface area contributed by atoms with E-state index >= 15 is 0 Å². The topological polar surface area (TPSA) is 4.93 Å². The van der Waals surface area contributed by atoms with Crippen molar-refractivity contribution in [3.63, 3.8) is 0 Å². The largest absolute Gasteiger partial charge is 0.308 e. The highest BCUT2D eigenvalue weighted by atomic mass is 32.1. The van der Waals surface area contributed by atoms with E-state index in [9.17, 15) is 0 Å². The Kier molecular flexibility index (Phi) is 5.18. The van der Waals surface area contributed by atoms with E-state index in [1.807, 2.05) is 11.3 Å². The third-order valence-electron chi connectivity index (χ3n) is 11.1. The Morgan fingerprint density at radius 1 is 0.320 bits per heavy atom. The highest BCUT2D eigenvalue weighted by Crippen LogP contribution is 2.51. The van der Waals surface area contributed by atoms with Gasteiger partial charge in [0.15, 0.2) is 0 Å². The summed E-state index contributed by atoms with van der Waals surface area (Å²) < 4.78 is 5.24. The molecule has 50 heavy (non-hydrogen) atoms. The molecule has 230 valence electrons. The standard InChI is InChI=1S/C48H27NS/c1-2-14-30-29(13-1)34-20-11-21-35-32(24-25-37(30)44(34)35)31-26-27-42(33-15-4-3-12-28(31)33)49-41-22-9-7-18-39(41)45-36-16-5-6-17-38(36)48-46(47(45)49)40-19-8-10-23-43(40)50-48/h1-27H. The van der Waals surface area contributed by atoms with Crippen molar-refractivity contribution in [1.82, 2.24) is 4.57 Å². The summed E-state index contributed by atoms with van der Waals surface area (Å²) in [7, 11) is 0. The van der Waals surface area contributed by atoms with Crippen molar-refractivity contribution >= 4 is 85.6 Å². The molecule has 0 radical (unpaired) electrons. The molecule has 1 aliphatic carbocycles. The van der Waals surface area contributed by atoms with E-state index in [1.165, 1.54) is 113 Å². The molecule has 9 aromatic carbocycles. The van der Waals surface area contributed by atoms with Crippen molar-refractivity contribution in [2.45, 2.75) is 0 Å². The summed E-state index contributed by atoms with van der Waals surface area (Å²) in [6.07, 6.45) is 0. The Labute approximate surface area is 291 Å². The second-order valence-electron chi connectivity index (χ2n) is 13.5. The van der Waals surface area contributed by atoms with Crippen molar-refractivity contribution in [2.75, 3.05) is 0 Å². The third-order valence-corrected chi connectivity index (χ3v) is 12.3. The Morgan fingerprint density at radius 2 is 0.880 bits per heavy atom. The second kappa shape index (κ2) is 9.69. The zero-order valence-electron chi connectivity index (χ0n) is 26.9. The van der Waals surface area contributed by atoms with Crippen LogP contribution in [0.15, 0.2) is 164 Å². The zero-order chi connectivity index (χ0) is 32.5. The van der Waals surface area contributed by atoms with Gasteiger partial charge >= 0.3 is 0 Å². The van der Waals surface area contributed by atoms with Gasteiger partial charge in [-0.1, -0.05) is 146 Å². The van der Waals surface area contributed by atoms with E-state index in [0.29, 0.717) is 0 Å². The number of hydrogen-bond acceptors (Lipinski definition) is 1. The first-order chi connectivity index (χ1) is 24.8. The Bertz CT molecular complexity index is 3240. The maximum atomic E-state index is 2.56. The minimum atomic E-state index is 1.21. The molecule has 0 N–H and O–H groups in total. The number of para-hydroxylation sites is 1. The smallest absolute Gasteiger partial charge is 0.0640 e. The first-order valence-electron chi connectivity index (χ1n) is 17.3. The van der Waals surface area contributed by atoms with Gasteiger partial charge in [-0.3, -0.25) is 0 Å². The molecule has 0 spiro atoms. The molecule has 0 bridgehead atoms. The average molecular weight is 650 g/mol. The fourth-order valence-corrected chi connectivity index (χ4v) is 10.4. The molecule has 0 amide bonds. The lowest BCUT2D eigenvalue weighted by Gasteiger charge is -2.17. The van der Waals surface area contributed by atoms with Crippen LogP contribution in [0.4, 0.5) is 0 Å². The number of nitrogens with zero attached hydrogens (tertiary/aromatic N) is 1. The summed E-state index contributed by atoms with van der Waals surface area (Å²) in [5, 5.41) is 13.1. The Balaban J connectivity index is 1.22. The molecule has 12 rings (SSSR count). The van der Waals surface area contributed by atoms with E-state index < -0.39 is 0 Å². The summed E-state index contributed by atoms with van der Waals surface area (Å²) in [6.45, 7) is 0. The first-order valence-corrected chi connectivity index (χ1v) is 18.1. The number of rotatable bonds is 2. The van der Waals surface area contributed by atoms with Crippen LogP contribution in [0.3, 0.4) is 0 Å². The molecule has 2 aromatic heterocycles. The van der Waals surface area contributed by atoms with Gasteiger partial charge in [0.25, 0.3) is 0 Å². The van der Waals surface area contributed by atoms with Gasteiger partial charge < -0.3 is 4.57 Å². The van der Waals surface area contributed by atoms with Gasteiger partial charge in [0.1, 0.15) is 0 Å². The molecular weight excluding hydrogens is 623 g/mol. The predicted octanol–water partition coefficient (Wildman–Crippen LogP) is 13.9. The van der Waals surface area contributed by atoms with Crippen molar-refractivity contribution in [1.29, 1.82) is 0 Å². The molecule has 1 nitrogen and oxygen atoms in total. The van der Waals surface area contributed by atoms with Gasteiger partial charge in [-0.15, -0.1) is 11.3 Å². The number of fused-ring (bicyclic) bond motifs is 14. The third kappa shape index (κ3) is 3.31. The van der Waals surface area contributed by atoms with Crippen LogP contribution < -0.4 is 0 Å². The SMILES string of the molecule is c1ccc2c(c1)-c1cccc3c(-c4ccc(-n5c6ccccc6c6c7ccccc7c7sc8ccccc8c7c65)c5ccccc45)ccc-2c13. The van der Waals surface area contributed by atoms with Crippen LogP contribution in [0.5, 0.6) is 0 Å². The summed E-state index contributed by atoms with van der Waals surface area (Å²) in [6, 6.07) is 61.0. The molecule has 0 fully saturated rings. The summed E-state index contributed by atoms with van der Waals surface area (Å²) in [5.74, 6) is 0. The van der Waals surface area contributed by atoms with E-state index in [2.05, 4.69) is 168 Å². The molecule has 1 aliphatic rings. The van der Waals surface area contributed by atoms with Crippen LogP contribution in [0.1, 0.15) is 0 Å². The van der Waals surface area contributed by atoms with Crippen LogP contribution in [-0.2, 0) is 0 Å². The van der Waals surface area contributed by atoms with Crippen LogP contribution in [-0.4, -0.2) is 4.57 Å². The van der Waals surface area contributed by atoms with Crippen LogP contribution in [0, 0.1) is 0 Å². The van der Waals surface area contributed by atoms with Crippen LogP contribution >= 0.6 is 11.3 Å². The van der Waals surface area contributed by atoms with E-state index in [1.54, 1.807) is 0 Å². The molecule has 0 unspecified atom stereocenters. The molecule has 0 aliphatic heterocycles. The monoisotopic (exact) mass is 649 g/mol. The predicted molar refractivity (Wildman–Crippen MR) is 216 cm³/mol. The Morgan fingerprint density at radius 3 is 1.72 bits per heavy atom. The molecule has 0 saturated heterocycles. The second-order valence-corrected chi connectivity index (χ2v) is 14.6. The molecule has 0 saturated carbocycles. The molecule has 2 heterocycles. The first kappa shape index (κ1) is 26.7. The zero-order valence-corrected chi connectivity index (χ0v) is 27.8. The van der Waals surface area contributed by atoms with Crippen LogP contribution in [0.25, 0.3) is 113 Å².